The SMILES string of the molecule is NC(=O)c1nnc2cc(-c3c(-c4ccccn4)nc4n3[C@@H]3CC[C@H]4C3)ccn12. The minimum Gasteiger partial charge on any atom is -0.363 e. The lowest BCUT2D eigenvalue weighted by molar-refractivity contribution is 0.0989. The van der Waals surface area contributed by atoms with Crippen LogP contribution in [0.1, 0.15) is 47.7 Å². The van der Waals surface area contributed by atoms with Crippen LogP contribution in [0.3, 0.4) is 0 Å². The number of amides is 1. The number of aromatic nitrogens is 6. The van der Waals surface area contributed by atoms with Crippen molar-refractivity contribution < 1.29 is 4.79 Å². The molecular formula is C20H17N7O. The van der Waals surface area contributed by atoms with Crippen LogP contribution in [0, 0.1) is 0 Å². The molecule has 1 aliphatic heterocycles. The topological polar surface area (TPSA) is 104 Å². The third-order valence-corrected chi connectivity index (χ3v) is 5.88. The predicted octanol–water partition coefficient (Wildman–Crippen LogP) is 2.58. The first-order valence-electron chi connectivity index (χ1n) is 9.39. The maximum Gasteiger partial charge on any atom is 0.287 e. The van der Waals surface area contributed by atoms with Gasteiger partial charge in [0.15, 0.2) is 5.65 Å². The normalized spacial score (nSPS) is 20.0. The lowest BCUT2D eigenvalue weighted by Crippen LogP contribution is -2.15. The first-order valence-corrected chi connectivity index (χ1v) is 9.39. The predicted molar refractivity (Wildman–Crippen MR) is 102 cm³/mol. The molecule has 1 amide bonds. The summed E-state index contributed by atoms with van der Waals surface area (Å²) < 4.78 is 4.00. The van der Waals surface area contributed by atoms with Gasteiger partial charge >= 0.3 is 0 Å². The van der Waals surface area contributed by atoms with E-state index in [4.69, 9.17) is 10.7 Å². The van der Waals surface area contributed by atoms with Crippen molar-refractivity contribution in [3.8, 4) is 22.6 Å². The molecule has 0 spiro atoms. The summed E-state index contributed by atoms with van der Waals surface area (Å²) in [6.45, 7) is 0. The van der Waals surface area contributed by atoms with E-state index in [-0.39, 0.29) is 5.82 Å². The van der Waals surface area contributed by atoms with Crippen molar-refractivity contribution in [2.24, 2.45) is 5.73 Å². The molecule has 2 bridgehead atoms. The fourth-order valence-corrected chi connectivity index (χ4v) is 4.70. The van der Waals surface area contributed by atoms with E-state index < -0.39 is 5.91 Å². The van der Waals surface area contributed by atoms with Gasteiger partial charge in [-0.3, -0.25) is 14.2 Å². The number of rotatable bonds is 3. The first-order chi connectivity index (χ1) is 13.7. The van der Waals surface area contributed by atoms with Crippen LogP contribution >= 0.6 is 0 Å². The van der Waals surface area contributed by atoms with Crippen LogP contribution in [-0.2, 0) is 0 Å². The second-order valence-corrected chi connectivity index (χ2v) is 7.45. The molecule has 4 aromatic rings. The van der Waals surface area contributed by atoms with Gasteiger partial charge in [-0.1, -0.05) is 6.07 Å². The van der Waals surface area contributed by atoms with Crippen molar-refractivity contribution in [1.82, 2.24) is 29.1 Å². The van der Waals surface area contributed by atoms with Gasteiger partial charge in [0.25, 0.3) is 5.91 Å². The molecule has 2 N–H and O–H groups in total. The molecule has 0 aromatic carbocycles. The number of hydrogen-bond donors (Lipinski definition) is 1. The largest absolute Gasteiger partial charge is 0.363 e. The van der Waals surface area contributed by atoms with Gasteiger partial charge in [-0.2, -0.15) is 0 Å². The van der Waals surface area contributed by atoms with Gasteiger partial charge in [-0.25, -0.2) is 4.98 Å². The van der Waals surface area contributed by atoms with Crippen molar-refractivity contribution in [3.05, 3.63) is 54.4 Å². The smallest absolute Gasteiger partial charge is 0.287 e. The summed E-state index contributed by atoms with van der Waals surface area (Å²) in [6, 6.07) is 10.3. The van der Waals surface area contributed by atoms with E-state index in [1.54, 1.807) is 16.8 Å². The molecule has 2 aliphatic rings. The molecule has 0 radical (unpaired) electrons. The molecule has 8 heteroatoms. The Kier molecular flexibility index (Phi) is 3.03. The standard InChI is InChI=1S/C20H17N7O/c21-18(28)20-25-24-15-10-11(6-8-26(15)20)17-16(14-3-1-2-7-22-14)23-19-12-4-5-13(9-12)27(17)19/h1-3,6-8,10,12-13H,4-5,9H2,(H2,21,28)/t12-,13+/m0/s1. The van der Waals surface area contributed by atoms with E-state index in [9.17, 15) is 4.79 Å². The molecule has 1 saturated carbocycles. The molecule has 0 saturated heterocycles. The van der Waals surface area contributed by atoms with Gasteiger partial charge in [0.2, 0.25) is 5.82 Å². The second kappa shape index (κ2) is 5.48. The van der Waals surface area contributed by atoms with E-state index in [1.807, 2.05) is 30.3 Å². The monoisotopic (exact) mass is 371 g/mol. The zero-order valence-electron chi connectivity index (χ0n) is 15.0. The minimum atomic E-state index is -0.600. The summed E-state index contributed by atoms with van der Waals surface area (Å²) in [7, 11) is 0. The van der Waals surface area contributed by atoms with Gasteiger partial charge in [-0.15, -0.1) is 10.2 Å². The second-order valence-electron chi connectivity index (χ2n) is 7.45. The number of carbonyl (C=O) groups excluding carboxylic acids is 1. The van der Waals surface area contributed by atoms with E-state index in [0.29, 0.717) is 17.6 Å². The lowest BCUT2D eigenvalue weighted by atomic mass is 10.1. The Morgan fingerprint density at radius 2 is 2.11 bits per heavy atom. The molecule has 2 atom stereocenters. The summed E-state index contributed by atoms with van der Waals surface area (Å²) in [5, 5.41) is 8.03. The van der Waals surface area contributed by atoms with Crippen LogP contribution in [0.15, 0.2) is 42.7 Å². The maximum absolute atomic E-state index is 11.5. The van der Waals surface area contributed by atoms with Crippen LogP contribution in [0.5, 0.6) is 0 Å². The highest BCUT2D eigenvalue weighted by Crippen LogP contribution is 2.52. The highest BCUT2D eigenvalue weighted by atomic mass is 16.1. The number of primary amides is 1. The molecule has 0 unspecified atom stereocenters. The van der Waals surface area contributed by atoms with Crippen LogP contribution in [0.2, 0.25) is 0 Å². The van der Waals surface area contributed by atoms with Crippen molar-refractivity contribution >= 4 is 11.6 Å². The molecule has 1 fully saturated rings. The van der Waals surface area contributed by atoms with E-state index in [0.717, 1.165) is 34.9 Å². The van der Waals surface area contributed by atoms with Crippen LogP contribution in [0.25, 0.3) is 28.3 Å². The molecule has 5 heterocycles. The summed E-state index contributed by atoms with van der Waals surface area (Å²) in [6.07, 6.45) is 7.13. The Bertz CT molecular complexity index is 1240. The third-order valence-electron chi connectivity index (χ3n) is 5.88. The van der Waals surface area contributed by atoms with Gasteiger partial charge in [0.05, 0.1) is 11.4 Å². The number of nitrogens with zero attached hydrogens (tertiary/aromatic N) is 6. The van der Waals surface area contributed by atoms with Crippen LogP contribution < -0.4 is 5.73 Å². The highest BCUT2D eigenvalue weighted by Gasteiger charge is 2.41. The first kappa shape index (κ1) is 15.5. The number of carbonyl (C=O) groups is 1. The maximum atomic E-state index is 11.5. The molecule has 138 valence electrons. The zero-order chi connectivity index (χ0) is 18.8. The van der Waals surface area contributed by atoms with Crippen molar-refractivity contribution in [2.45, 2.75) is 31.2 Å². The van der Waals surface area contributed by atoms with Gasteiger partial charge in [0, 0.05) is 29.9 Å². The molecule has 6 rings (SSSR count). The molecule has 28 heavy (non-hydrogen) atoms. The van der Waals surface area contributed by atoms with Gasteiger partial charge < -0.3 is 10.3 Å². The van der Waals surface area contributed by atoms with Crippen molar-refractivity contribution in [2.75, 3.05) is 0 Å². The Labute approximate surface area is 160 Å². The summed E-state index contributed by atoms with van der Waals surface area (Å²) in [4.78, 5) is 21.1. The highest BCUT2D eigenvalue weighted by molar-refractivity contribution is 5.90. The molecule has 4 aromatic heterocycles. The molecular weight excluding hydrogens is 354 g/mol. The van der Waals surface area contributed by atoms with Gasteiger partial charge in [0.1, 0.15) is 11.5 Å². The quantitative estimate of drug-likeness (QED) is 0.596. The Morgan fingerprint density at radius 1 is 1.18 bits per heavy atom. The Balaban J connectivity index is 1.60. The number of nitrogens with two attached hydrogens (primary N) is 1. The zero-order valence-corrected chi connectivity index (χ0v) is 15.0. The van der Waals surface area contributed by atoms with Crippen LogP contribution in [-0.4, -0.2) is 35.0 Å². The lowest BCUT2D eigenvalue weighted by Gasteiger charge is -2.17. The fourth-order valence-electron chi connectivity index (χ4n) is 4.70. The number of fused-ring (bicyclic) bond motifs is 6. The van der Waals surface area contributed by atoms with Crippen molar-refractivity contribution in [3.63, 3.8) is 0 Å². The van der Waals surface area contributed by atoms with Crippen molar-refractivity contribution in [1.29, 1.82) is 0 Å². The minimum absolute atomic E-state index is 0.129. The average molecular weight is 371 g/mol. The third kappa shape index (κ3) is 2.02. The summed E-state index contributed by atoms with van der Waals surface area (Å²) >= 11 is 0. The number of imidazole rings is 1. The summed E-state index contributed by atoms with van der Waals surface area (Å²) in [5.41, 5.74) is 9.77. The van der Waals surface area contributed by atoms with Crippen LogP contribution in [0.4, 0.5) is 0 Å². The number of pyridine rings is 2. The van der Waals surface area contributed by atoms with E-state index in [2.05, 4.69) is 19.7 Å². The fraction of sp³-hybridized carbons (Fsp3) is 0.250. The number of hydrogen-bond acceptors (Lipinski definition) is 5. The van der Waals surface area contributed by atoms with Gasteiger partial charge in [-0.05, 0) is 43.5 Å². The van der Waals surface area contributed by atoms with E-state index in [1.165, 1.54) is 12.8 Å². The Morgan fingerprint density at radius 3 is 2.93 bits per heavy atom. The summed E-state index contributed by atoms with van der Waals surface area (Å²) in [5.74, 6) is 1.21. The molecule has 1 aliphatic carbocycles. The average Bonchev–Trinajstić information content (AvgIpc) is 3.47. The van der Waals surface area contributed by atoms with E-state index >= 15 is 0 Å². The Hall–Kier alpha value is -3.55. The molecule has 8 nitrogen and oxygen atoms in total.